The topological polar surface area (TPSA) is 49.8 Å². The highest BCUT2D eigenvalue weighted by atomic mass is 15.1. The van der Waals surface area contributed by atoms with Crippen molar-refractivity contribution in [1.29, 1.82) is 0 Å². The molecule has 0 amide bonds. The lowest BCUT2D eigenvalue weighted by molar-refractivity contribution is 0.608. The minimum atomic E-state index is 0.493. The highest BCUT2D eigenvalue weighted by molar-refractivity contribution is 5.57. The second-order valence-corrected chi connectivity index (χ2v) is 5.49. The summed E-state index contributed by atoms with van der Waals surface area (Å²) in [5.74, 6) is 1.99. The van der Waals surface area contributed by atoms with E-state index in [-0.39, 0.29) is 0 Å². The first-order valence-corrected chi connectivity index (χ1v) is 7.00. The van der Waals surface area contributed by atoms with Gasteiger partial charge in [-0.1, -0.05) is 20.3 Å². The number of hydrogen-bond acceptors (Lipinski definition) is 4. The molecule has 1 aromatic heterocycles. The van der Waals surface area contributed by atoms with Crippen molar-refractivity contribution in [3.05, 3.63) is 11.9 Å². The smallest absolute Gasteiger partial charge is 0.134 e. The molecule has 0 bridgehead atoms. The molecule has 1 heterocycles. The monoisotopic (exact) mass is 248 g/mol. The molecule has 2 N–H and O–H groups in total. The fourth-order valence-electron chi connectivity index (χ4n) is 2.06. The number of anilines is 2. The molecular formula is C14H24N4. The third-order valence-electron chi connectivity index (χ3n) is 3.58. The third-order valence-corrected chi connectivity index (χ3v) is 3.58. The van der Waals surface area contributed by atoms with Crippen molar-refractivity contribution in [3.8, 4) is 0 Å². The lowest BCUT2D eigenvalue weighted by atomic mass is 10.1. The molecule has 1 fully saturated rings. The second-order valence-electron chi connectivity index (χ2n) is 5.49. The Kier molecular flexibility index (Phi) is 4.04. The van der Waals surface area contributed by atoms with Crippen LogP contribution in [0.15, 0.2) is 6.33 Å². The molecule has 0 aliphatic heterocycles. The summed E-state index contributed by atoms with van der Waals surface area (Å²) in [4.78, 5) is 8.75. The molecule has 100 valence electrons. The van der Waals surface area contributed by atoms with Crippen molar-refractivity contribution >= 4 is 11.6 Å². The summed E-state index contributed by atoms with van der Waals surface area (Å²) < 4.78 is 0. The first kappa shape index (κ1) is 13.1. The van der Waals surface area contributed by atoms with Crippen LogP contribution in [0.25, 0.3) is 0 Å². The van der Waals surface area contributed by atoms with Gasteiger partial charge in [0, 0.05) is 18.7 Å². The molecule has 18 heavy (non-hydrogen) atoms. The number of aromatic nitrogens is 2. The van der Waals surface area contributed by atoms with Crippen LogP contribution in [0.3, 0.4) is 0 Å². The molecule has 0 atom stereocenters. The Bertz CT molecular complexity index is 399. The maximum Gasteiger partial charge on any atom is 0.134 e. The number of nitrogens with one attached hydrogen (secondary N) is 2. The number of rotatable bonds is 7. The average Bonchev–Trinajstić information content (AvgIpc) is 3.09. The average molecular weight is 248 g/mol. The van der Waals surface area contributed by atoms with Crippen molar-refractivity contribution in [3.63, 3.8) is 0 Å². The molecular weight excluding hydrogens is 224 g/mol. The normalized spacial score (nSPS) is 16.4. The van der Waals surface area contributed by atoms with E-state index in [1.807, 2.05) is 0 Å². The van der Waals surface area contributed by atoms with E-state index >= 15 is 0 Å². The minimum Gasteiger partial charge on any atom is -0.370 e. The van der Waals surface area contributed by atoms with Crippen molar-refractivity contribution in [1.82, 2.24) is 9.97 Å². The summed E-state index contributed by atoms with van der Waals surface area (Å²) in [6.45, 7) is 8.52. The quantitative estimate of drug-likeness (QED) is 0.778. The molecule has 1 aliphatic rings. The fourth-order valence-corrected chi connectivity index (χ4v) is 2.06. The first-order valence-electron chi connectivity index (χ1n) is 7.00. The molecule has 0 radical (unpaired) electrons. The van der Waals surface area contributed by atoms with Gasteiger partial charge < -0.3 is 10.6 Å². The van der Waals surface area contributed by atoms with Crippen LogP contribution in [-0.2, 0) is 6.42 Å². The summed E-state index contributed by atoms with van der Waals surface area (Å²) in [5, 5.41) is 6.83. The van der Waals surface area contributed by atoms with Crippen LogP contribution in [0, 0.1) is 5.41 Å². The van der Waals surface area contributed by atoms with Crippen LogP contribution in [-0.4, -0.2) is 23.1 Å². The number of nitrogens with zero attached hydrogens (tertiary/aromatic N) is 2. The molecule has 1 aromatic rings. The Morgan fingerprint density at radius 2 is 1.83 bits per heavy atom. The lowest BCUT2D eigenvalue weighted by Gasteiger charge is -2.16. The zero-order chi connectivity index (χ0) is 13.0. The van der Waals surface area contributed by atoms with E-state index in [0.29, 0.717) is 5.41 Å². The van der Waals surface area contributed by atoms with Gasteiger partial charge in [0.05, 0.1) is 0 Å². The molecule has 2 rings (SSSR count). The van der Waals surface area contributed by atoms with E-state index in [2.05, 4.69) is 41.4 Å². The van der Waals surface area contributed by atoms with Crippen molar-refractivity contribution in [2.75, 3.05) is 23.7 Å². The SMILES string of the molecule is CCCc1c(NCC)ncnc1NCC1(C)CC1. The van der Waals surface area contributed by atoms with Crippen molar-refractivity contribution in [2.24, 2.45) is 5.41 Å². The maximum atomic E-state index is 4.41. The molecule has 0 aromatic carbocycles. The summed E-state index contributed by atoms with van der Waals surface area (Å²) in [6, 6.07) is 0. The Morgan fingerprint density at radius 1 is 1.17 bits per heavy atom. The largest absolute Gasteiger partial charge is 0.370 e. The minimum absolute atomic E-state index is 0.493. The lowest BCUT2D eigenvalue weighted by Crippen LogP contribution is -2.15. The van der Waals surface area contributed by atoms with Gasteiger partial charge in [0.15, 0.2) is 0 Å². The van der Waals surface area contributed by atoms with E-state index in [9.17, 15) is 0 Å². The highest BCUT2D eigenvalue weighted by Crippen LogP contribution is 2.44. The van der Waals surface area contributed by atoms with Gasteiger partial charge in [0.2, 0.25) is 0 Å². The summed E-state index contributed by atoms with van der Waals surface area (Å²) >= 11 is 0. The van der Waals surface area contributed by atoms with Gasteiger partial charge in [-0.25, -0.2) is 9.97 Å². The van der Waals surface area contributed by atoms with E-state index in [1.54, 1.807) is 6.33 Å². The Hall–Kier alpha value is -1.32. The Morgan fingerprint density at radius 3 is 2.39 bits per heavy atom. The molecule has 0 spiro atoms. The Balaban J connectivity index is 2.13. The predicted molar refractivity (Wildman–Crippen MR) is 76.0 cm³/mol. The highest BCUT2D eigenvalue weighted by Gasteiger charge is 2.37. The molecule has 4 heteroatoms. The van der Waals surface area contributed by atoms with Gasteiger partial charge in [-0.15, -0.1) is 0 Å². The molecule has 4 nitrogen and oxygen atoms in total. The van der Waals surface area contributed by atoms with E-state index < -0.39 is 0 Å². The van der Waals surface area contributed by atoms with Crippen LogP contribution in [0.4, 0.5) is 11.6 Å². The van der Waals surface area contributed by atoms with Gasteiger partial charge in [-0.05, 0) is 31.6 Å². The van der Waals surface area contributed by atoms with Crippen molar-refractivity contribution in [2.45, 2.75) is 46.5 Å². The van der Waals surface area contributed by atoms with E-state index in [1.165, 1.54) is 18.4 Å². The van der Waals surface area contributed by atoms with Crippen LogP contribution in [0.2, 0.25) is 0 Å². The van der Waals surface area contributed by atoms with Crippen molar-refractivity contribution < 1.29 is 0 Å². The van der Waals surface area contributed by atoms with E-state index in [4.69, 9.17) is 0 Å². The fraction of sp³-hybridized carbons (Fsp3) is 0.714. The van der Waals surface area contributed by atoms with Crippen LogP contribution in [0.5, 0.6) is 0 Å². The molecule has 0 saturated heterocycles. The van der Waals surface area contributed by atoms with E-state index in [0.717, 1.165) is 37.6 Å². The zero-order valence-corrected chi connectivity index (χ0v) is 11.7. The van der Waals surface area contributed by atoms with Crippen LogP contribution >= 0.6 is 0 Å². The third kappa shape index (κ3) is 3.12. The van der Waals surface area contributed by atoms with Gasteiger partial charge in [-0.3, -0.25) is 0 Å². The van der Waals surface area contributed by atoms with Gasteiger partial charge in [0.1, 0.15) is 18.0 Å². The predicted octanol–water partition coefficient (Wildman–Crippen LogP) is 3.07. The van der Waals surface area contributed by atoms with Gasteiger partial charge in [-0.2, -0.15) is 0 Å². The Labute approximate surface area is 110 Å². The summed E-state index contributed by atoms with van der Waals surface area (Å²) in [7, 11) is 0. The van der Waals surface area contributed by atoms with Gasteiger partial charge in [0.25, 0.3) is 0 Å². The number of hydrogen-bond donors (Lipinski definition) is 2. The summed E-state index contributed by atoms with van der Waals surface area (Å²) in [6.07, 6.45) is 6.43. The maximum absolute atomic E-state index is 4.41. The standard InChI is InChI=1S/C14H24N4/c1-4-6-11-12(15-5-2)17-10-18-13(11)16-9-14(3)7-8-14/h10H,4-9H2,1-3H3,(H2,15,16,17,18). The second kappa shape index (κ2) is 5.55. The molecule has 0 unspecified atom stereocenters. The molecule has 1 aliphatic carbocycles. The van der Waals surface area contributed by atoms with Gasteiger partial charge >= 0.3 is 0 Å². The zero-order valence-electron chi connectivity index (χ0n) is 11.7. The summed E-state index contributed by atoms with van der Waals surface area (Å²) in [5.41, 5.74) is 1.72. The van der Waals surface area contributed by atoms with Crippen LogP contribution in [0.1, 0.15) is 45.6 Å². The van der Waals surface area contributed by atoms with Crippen LogP contribution < -0.4 is 10.6 Å². The first-order chi connectivity index (χ1) is 8.68. The molecule has 1 saturated carbocycles.